The maximum Gasteiger partial charge on any atom is 0.251 e. The number of hydrogen-bond donors (Lipinski definition) is 2. The van der Waals surface area contributed by atoms with Gasteiger partial charge < -0.3 is 17.5 Å². The number of aromatic nitrogens is 1. The molecule has 72 valence electrons. The van der Waals surface area contributed by atoms with Crippen LogP contribution in [0.25, 0.3) is 0 Å². The van der Waals surface area contributed by atoms with Gasteiger partial charge in [-0.2, -0.15) is 0 Å². The van der Waals surface area contributed by atoms with Gasteiger partial charge in [0.1, 0.15) is 12.9 Å². The van der Waals surface area contributed by atoms with Crippen molar-refractivity contribution < 1.29 is 27.5 Å². The first kappa shape index (κ1) is 11.7. The van der Waals surface area contributed by atoms with Gasteiger partial charge in [0, 0.05) is 13.1 Å². The van der Waals surface area contributed by atoms with Crippen LogP contribution in [0.1, 0.15) is 12.6 Å². The van der Waals surface area contributed by atoms with Crippen molar-refractivity contribution in [1.29, 1.82) is 0 Å². The Morgan fingerprint density at radius 3 is 2.85 bits per heavy atom. The van der Waals surface area contributed by atoms with Gasteiger partial charge in [-0.25, -0.2) is 4.98 Å². The van der Waals surface area contributed by atoms with Crippen LogP contribution in [-0.4, -0.2) is 22.9 Å². The molecule has 0 saturated heterocycles. The zero-order valence-corrected chi connectivity index (χ0v) is 8.17. The first-order chi connectivity index (χ1) is 5.75. The van der Waals surface area contributed by atoms with Crippen LogP contribution in [0, 0.1) is 0 Å². The second-order valence-electron chi connectivity index (χ2n) is 2.30. The maximum absolute atomic E-state index is 9.33. The highest BCUT2D eigenvalue weighted by atomic mass is 35.5. The summed E-state index contributed by atoms with van der Waals surface area (Å²) in [6, 6.07) is 3.24. The Morgan fingerprint density at radius 1 is 1.62 bits per heavy atom. The number of nitrogens with one attached hydrogen (secondary N) is 1. The summed E-state index contributed by atoms with van der Waals surface area (Å²) < 4.78 is 0. The molecule has 0 spiro atoms. The lowest BCUT2D eigenvalue weighted by molar-refractivity contribution is -0.744. The molecular weight excluding hydrogens is 192 g/mol. The highest BCUT2D eigenvalue weighted by Gasteiger charge is 2.10. The van der Waals surface area contributed by atoms with E-state index < -0.39 is 0 Å². The second kappa shape index (κ2) is 5.37. The van der Waals surface area contributed by atoms with Gasteiger partial charge in [-0.05, 0) is 17.3 Å². The van der Waals surface area contributed by atoms with Gasteiger partial charge >= 0.3 is 0 Å². The standard InChI is InChI=1S/C8H10N2O2.ClH/c1-6(10-12-2)8-7(11)4-3-5-9-8;/h3-5,11H,1-2H3;1H. The molecule has 0 aliphatic heterocycles. The van der Waals surface area contributed by atoms with E-state index in [0.717, 1.165) is 0 Å². The Balaban J connectivity index is 0.00000144. The van der Waals surface area contributed by atoms with E-state index >= 15 is 0 Å². The van der Waals surface area contributed by atoms with Crippen molar-refractivity contribution in [2.45, 2.75) is 6.92 Å². The summed E-state index contributed by atoms with van der Waals surface area (Å²) in [6.07, 6.45) is 1.61. The van der Waals surface area contributed by atoms with E-state index in [0.29, 0.717) is 11.4 Å². The Labute approximate surface area is 82.7 Å². The van der Waals surface area contributed by atoms with Crippen LogP contribution in [0.15, 0.2) is 18.3 Å². The minimum atomic E-state index is 0. The molecule has 1 aromatic heterocycles. The SMILES string of the molecule is CO[NH+]=C(C)c1ncccc1O.[Cl-]. The summed E-state index contributed by atoms with van der Waals surface area (Å²) in [6.45, 7) is 1.77. The van der Waals surface area contributed by atoms with E-state index in [9.17, 15) is 5.11 Å². The van der Waals surface area contributed by atoms with Crippen molar-refractivity contribution in [2.75, 3.05) is 7.11 Å². The predicted octanol–water partition coefficient (Wildman–Crippen LogP) is -3.76. The Bertz CT molecular complexity index is 302. The number of nitrogens with zero attached hydrogens (tertiary/aromatic N) is 1. The molecule has 0 aliphatic rings. The van der Waals surface area contributed by atoms with Crippen LogP contribution in [0.4, 0.5) is 0 Å². The lowest BCUT2D eigenvalue weighted by Gasteiger charge is -1.95. The molecule has 0 aromatic carbocycles. The predicted molar refractivity (Wildman–Crippen MR) is 43.7 cm³/mol. The van der Waals surface area contributed by atoms with Crippen LogP contribution < -0.4 is 17.6 Å². The third-order valence-corrected chi connectivity index (χ3v) is 1.40. The fraction of sp³-hybridized carbons (Fsp3) is 0.250. The maximum atomic E-state index is 9.33. The molecule has 0 fully saturated rings. The normalized spacial score (nSPS) is 10.5. The van der Waals surface area contributed by atoms with Crippen molar-refractivity contribution in [1.82, 2.24) is 4.98 Å². The van der Waals surface area contributed by atoms with Gasteiger partial charge in [0.15, 0.2) is 5.69 Å². The lowest BCUT2D eigenvalue weighted by Crippen LogP contribution is -3.00. The minimum Gasteiger partial charge on any atom is -1.00 e. The average Bonchev–Trinajstić information content (AvgIpc) is 2.05. The Hall–Kier alpha value is -1.29. The number of hydrogen-bond acceptors (Lipinski definition) is 3. The van der Waals surface area contributed by atoms with Gasteiger partial charge in [-0.15, -0.1) is 0 Å². The van der Waals surface area contributed by atoms with Crippen LogP contribution in [-0.2, 0) is 4.84 Å². The minimum absolute atomic E-state index is 0. The molecule has 13 heavy (non-hydrogen) atoms. The topological polar surface area (TPSA) is 56.3 Å². The molecule has 0 radical (unpaired) electrons. The molecule has 1 rings (SSSR count). The molecule has 0 unspecified atom stereocenters. The molecule has 1 heterocycles. The summed E-state index contributed by atoms with van der Waals surface area (Å²) >= 11 is 0. The van der Waals surface area contributed by atoms with Gasteiger partial charge in [-0.1, -0.05) is 0 Å². The van der Waals surface area contributed by atoms with Gasteiger partial charge in [0.2, 0.25) is 0 Å². The molecule has 0 bridgehead atoms. The molecule has 4 nitrogen and oxygen atoms in total. The monoisotopic (exact) mass is 202 g/mol. The number of aromatic hydroxyl groups is 1. The zero-order valence-electron chi connectivity index (χ0n) is 7.41. The van der Waals surface area contributed by atoms with Crippen molar-refractivity contribution in [3.63, 3.8) is 0 Å². The average molecular weight is 203 g/mol. The number of rotatable bonds is 2. The first-order valence-electron chi connectivity index (χ1n) is 3.52. The van der Waals surface area contributed by atoms with Crippen LogP contribution in [0.2, 0.25) is 0 Å². The van der Waals surface area contributed by atoms with Gasteiger partial charge in [0.25, 0.3) is 5.71 Å². The Morgan fingerprint density at radius 2 is 2.31 bits per heavy atom. The van der Waals surface area contributed by atoms with Crippen LogP contribution in [0.5, 0.6) is 5.75 Å². The lowest BCUT2D eigenvalue weighted by atomic mass is 10.2. The van der Waals surface area contributed by atoms with Crippen molar-refractivity contribution in [2.24, 2.45) is 0 Å². The first-order valence-corrected chi connectivity index (χ1v) is 3.52. The van der Waals surface area contributed by atoms with Crippen molar-refractivity contribution in [3.05, 3.63) is 24.0 Å². The van der Waals surface area contributed by atoms with E-state index in [1.54, 1.807) is 25.3 Å². The smallest absolute Gasteiger partial charge is 0.251 e. The molecule has 0 saturated carbocycles. The van der Waals surface area contributed by atoms with E-state index in [1.165, 1.54) is 7.11 Å². The van der Waals surface area contributed by atoms with E-state index in [2.05, 4.69) is 15.0 Å². The summed E-state index contributed by atoms with van der Waals surface area (Å²) in [5.74, 6) is 0.138. The van der Waals surface area contributed by atoms with E-state index in [1.807, 2.05) is 0 Å². The second-order valence-corrected chi connectivity index (χ2v) is 2.30. The molecule has 0 atom stereocenters. The summed E-state index contributed by atoms with van der Waals surface area (Å²) in [7, 11) is 1.50. The van der Waals surface area contributed by atoms with Gasteiger partial charge in [-0.3, -0.25) is 4.84 Å². The Kier molecular flexibility index (Phi) is 4.84. The highest BCUT2D eigenvalue weighted by molar-refractivity contribution is 5.94. The van der Waals surface area contributed by atoms with E-state index in [-0.39, 0.29) is 18.2 Å². The molecule has 5 heteroatoms. The third kappa shape index (κ3) is 2.91. The van der Waals surface area contributed by atoms with Crippen molar-refractivity contribution in [3.8, 4) is 5.75 Å². The van der Waals surface area contributed by atoms with Crippen LogP contribution >= 0.6 is 0 Å². The molecule has 2 N–H and O–H groups in total. The molecule has 0 amide bonds. The quantitative estimate of drug-likeness (QED) is 0.383. The molecule has 1 aromatic rings. The fourth-order valence-corrected chi connectivity index (χ4v) is 0.887. The van der Waals surface area contributed by atoms with Crippen LogP contribution in [0.3, 0.4) is 0 Å². The van der Waals surface area contributed by atoms with Gasteiger partial charge in [0.05, 0.1) is 0 Å². The number of halogens is 1. The summed E-state index contributed by atoms with van der Waals surface area (Å²) in [5.41, 5.74) is 1.18. The largest absolute Gasteiger partial charge is 1.00 e. The van der Waals surface area contributed by atoms with E-state index in [4.69, 9.17) is 0 Å². The molecular formula is C8H11ClN2O2. The highest BCUT2D eigenvalue weighted by Crippen LogP contribution is 2.11. The van der Waals surface area contributed by atoms with Crippen molar-refractivity contribution >= 4 is 5.71 Å². The number of pyridine rings is 1. The third-order valence-electron chi connectivity index (χ3n) is 1.40. The summed E-state index contributed by atoms with van der Waals surface area (Å²) in [5, 5.41) is 11.9. The zero-order chi connectivity index (χ0) is 8.97. The molecule has 0 aliphatic carbocycles. The summed E-state index contributed by atoms with van der Waals surface area (Å²) in [4.78, 5) is 8.64. The fourth-order valence-electron chi connectivity index (χ4n) is 0.887.